The van der Waals surface area contributed by atoms with Gasteiger partial charge in [0.2, 0.25) is 5.89 Å². The number of nitrogens with two attached hydrogens (primary N) is 1. The van der Waals surface area contributed by atoms with E-state index in [1.807, 2.05) is 30.3 Å². The number of halogens is 1. The van der Waals surface area contributed by atoms with Gasteiger partial charge in [-0.15, -0.1) is 10.2 Å². The number of aryl methyl sites for hydroxylation is 2. The maximum atomic E-state index is 14.6. The molecule has 1 amide bonds. The van der Waals surface area contributed by atoms with E-state index in [1.165, 1.54) is 11.0 Å². The first kappa shape index (κ1) is 23.2. The van der Waals surface area contributed by atoms with Crippen LogP contribution in [0.3, 0.4) is 0 Å². The first-order chi connectivity index (χ1) is 16.1. The average molecular weight is 465 g/mol. The van der Waals surface area contributed by atoms with Crippen molar-refractivity contribution in [3.05, 3.63) is 82.9 Å². The number of carbonyl (C=O) groups excluding carboxylic acids is 1. The van der Waals surface area contributed by atoms with Gasteiger partial charge >= 0.3 is 0 Å². The van der Waals surface area contributed by atoms with Crippen molar-refractivity contribution in [2.24, 2.45) is 5.73 Å². The average Bonchev–Trinajstić information content (AvgIpc) is 3.41. The highest BCUT2D eigenvalue weighted by molar-refractivity contribution is 5.93. The van der Waals surface area contributed by atoms with Crippen LogP contribution in [-0.4, -0.2) is 38.0 Å². The molecule has 3 aromatic heterocycles. The van der Waals surface area contributed by atoms with E-state index in [1.54, 1.807) is 27.8 Å². The third-order valence-electron chi connectivity index (χ3n) is 5.37. The van der Waals surface area contributed by atoms with Crippen LogP contribution in [0.25, 0.3) is 11.5 Å². The fraction of sp³-hybridized carbons (Fsp3) is 0.292. The SMILES string of the molecule is Cc1nc(CN(C)C(=O)c2cc(-c3nnc(C(C)(N)Cc4ccccc4)o3)c(F)cn2)c(C)o1. The molecule has 34 heavy (non-hydrogen) atoms. The summed E-state index contributed by atoms with van der Waals surface area (Å²) in [7, 11) is 1.60. The van der Waals surface area contributed by atoms with Gasteiger partial charge in [-0.05, 0) is 31.9 Å². The lowest BCUT2D eigenvalue weighted by molar-refractivity contribution is 0.0777. The lowest BCUT2D eigenvalue weighted by Crippen LogP contribution is -2.35. The van der Waals surface area contributed by atoms with E-state index >= 15 is 0 Å². The first-order valence-corrected chi connectivity index (χ1v) is 10.6. The Morgan fingerprint density at radius 3 is 2.59 bits per heavy atom. The van der Waals surface area contributed by atoms with E-state index in [2.05, 4.69) is 20.2 Å². The highest BCUT2D eigenvalue weighted by Gasteiger charge is 2.30. The van der Waals surface area contributed by atoms with Gasteiger partial charge in [-0.3, -0.25) is 4.79 Å². The van der Waals surface area contributed by atoms with Crippen molar-refractivity contribution in [2.45, 2.75) is 39.3 Å². The van der Waals surface area contributed by atoms with Gasteiger partial charge in [0, 0.05) is 14.0 Å². The molecule has 10 heteroatoms. The minimum Gasteiger partial charge on any atom is -0.446 e. The van der Waals surface area contributed by atoms with Crippen molar-refractivity contribution in [3.8, 4) is 11.5 Å². The Morgan fingerprint density at radius 1 is 1.18 bits per heavy atom. The van der Waals surface area contributed by atoms with E-state index in [-0.39, 0.29) is 29.6 Å². The van der Waals surface area contributed by atoms with Crippen LogP contribution in [0, 0.1) is 19.7 Å². The maximum Gasteiger partial charge on any atom is 0.272 e. The summed E-state index contributed by atoms with van der Waals surface area (Å²) in [4.78, 5) is 22.6. The van der Waals surface area contributed by atoms with E-state index in [4.69, 9.17) is 14.6 Å². The molecule has 0 spiro atoms. The van der Waals surface area contributed by atoms with Crippen LogP contribution in [0.15, 0.2) is 51.4 Å². The van der Waals surface area contributed by atoms with Crippen LogP contribution in [-0.2, 0) is 18.5 Å². The molecule has 1 unspecified atom stereocenters. The zero-order valence-electron chi connectivity index (χ0n) is 19.4. The Balaban J connectivity index is 1.56. The number of oxazole rings is 1. The van der Waals surface area contributed by atoms with Crippen LogP contribution >= 0.6 is 0 Å². The number of pyridine rings is 1. The van der Waals surface area contributed by atoms with Crippen molar-refractivity contribution in [3.63, 3.8) is 0 Å². The molecule has 176 valence electrons. The summed E-state index contributed by atoms with van der Waals surface area (Å²) in [6.45, 7) is 5.48. The van der Waals surface area contributed by atoms with Crippen LogP contribution in [0.1, 0.15) is 46.2 Å². The molecule has 9 nitrogen and oxygen atoms in total. The van der Waals surface area contributed by atoms with Crippen molar-refractivity contribution in [1.29, 1.82) is 0 Å². The zero-order chi connectivity index (χ0) is 24.5. The predicted octanol–water partition coefficient (Wildman–Crippen LogP) is 3.56. The van der Waals surface area contributed by atoms with E-state index in [0.29, 0.717) is 23.8 Å². The normalized spacial score (nSPS) is 13.0. The van der Waals surface area contributed by atoms with Crippen molar-refractivity contribution >= 4 is 5.91 Å². The van der Waals surface area contributed by atoms with Gasteiger partial charge in [-0.1, -0.05) is 30.3 Å². The predicted molar refractivity (Wildman–Crippen MR) is 121 cm³/mol. The summed E-state index contributed by atoms with van der Waals surface area (Å²) in [5.41, 5.74) is 7.08. The van der Waals surface area contributed by atoms with Gasteiger partial charge in [0.1, 0.15) is 17.1 Å². The molecule has 0 radical (unpaired) electrons. The second kappa shape index (κ2) is 9.14. The molecule has 0 aliphatic rings. The summed E-state index contributed by atoms with van der Waals surface area (Å²) in [5, 5.41) is 8.01. The standard InChI is InChI=1S/C24H25FN6O3/c1-14-20(28-15(2)33-14)13-31(4)22(32)19-10-17(18(25)12-27-19)21-29-30-23(34-21)24(3,26)11-16-8-6-5-7-9-16/h5-10,12H,11,13,26H2,1-4H3. The molecule has 0 aliphatic carbocycles. The quantitative estimate of drug-likeness (QED) is 0.440. The van der Waals surface area contributed by atoms with E-state index in [9.17, 15) is 9.18 Å². The smallest absolute Gasteiger partial charge is 0.272 e. The summed E-state index contributed by atoms with van der Waals surface area (Å²) < 4.78 is 25.7. The number of hydrogen-bond donors (Lipinski definition) is 1. The molecule has 0 aliphatic heterocycles. The van der Waals surface area contributed by atoms with Gasteiger partial charge in [0.25, 0.3) is 11.8 Å². The first-order valence-electron chi connectivity index (χ1n) is 10.6. The fourth-order valence-electron chi connectivity index (χ4n) is 3.59. The van der Waals surface area contributed by atoms with Gasteiger partial charge in [-0.2, -0.15) is 0 Å². The summed E-state index contributed by atoms with van der Waals surface area (Å²) in [6.07, 6.45) is 1.40. The molecule has 2 N–H and O–H groups in total. The second-order valence-electron chi connectivity index (χ2n) is 8.44. The number of nitrogens with zero attached hydrogens (tertiary/aromatic N) is 5. The van der Waals surface area contributed by atoms with Crippen LogP contribution in [0.2, 0.25) is 0 Å². The fourth-order valence-corrected chi connectivity index (χ4v) is 3.59. The van der Waals surface area contributed by atoms with Gasteiger partial charge in [-0.25, -0.2) is 14.4 Å². The number of aromatic nitrogens is 4. The minimum absolute atomic E-state index is 0.0244. The minimum atomic E-state index is -0.970. The number of rotatable bonds is 7. The molecule has 0 saturated carbocycles. The van der Waals surface area contributed by atoms with E-state index < -0.39 is 17.3 Å². The highest BCUT2D eigenvalue weighted by atomic mass is 19.1. The molecular formula is C24H25FN6O3. The number of benzene rings is 1. The number of amides is 1. The highest BCUT2D eigenvalue weighted by Crippen LogP contribution is 2.27. The molecule has 0 saturated heterocycles. The Hall–Kier alpha value is -3.92. The molecule has 3 heterocycles. The molecule has 1 aromatic carbocycles. The lowest BCUT2D eigenvalue weighted by atomic mass is 9.94. The van der Waals surface area contributed by atoms with Gasteiger partial charge in [0.15, 0.2) is 11.7 Å². The third-order valence-corrected chi connectivity index (χ3v) is 5.37. The largest absolute Gasteiger partial charge is 0.446 e. The summed E-state index contributed by atoms with van der Waals surface area (Å²) in [6, 6.07) is 10.9. The Bertz CT molecular complexity index is 1320. The molecule has 0 fully saturated rings. The Morgan fingerprint density at radius 2 is 1.91 bits per heavy atom. The summed E-state index contributed by atoms with van der Waals surface area (Å²) in [5.74, 6) is 0.0993. The topological polar surface area (TPSA) is 124 Å². The van der Waals surface area contributed by atoms with Crippen molar-refractivity contribution in [1.82, 2.24) is 25.1 Å². The van der Waals surface area contributed by atoms with Crippen molar-refractivity contribution < 1.29 is 18.0 Å². The molecule has 0 bridgehead atoms. The zero-order valence-corrected chi connectivity index (χ0v) is 19.4. The van der Waals surface area contributed by atoms with E-state index in [0.717, 1.165) is 11.8 Å². The molecule has 4 aromatic rings. The Labute approximate surface area is 195 Å². The van der Waals surface area contributed by atoms with Crippen LogP contribution < -0.4 is 5.73 Å². The number of carbonyl (C=O) groups is 1. The third kappa shape index (κ3) is 4.86. The van der Waals surface area contributed by atoms with Gasteiger partial charge in [0.05, 0.1) is 23.8 Å². The monoisotopic (exact) mass is 464 g/mol. The van der Waals surface area contributed by atoms with Crippen molar-refractivity contribution in [2.75, 3.05) is 7.05 Å². The van der Waals surface area contributed by atoms with Crippen LogP contribution in [0.4, 0.5) is 4.39 Å². The molecule has 4 rings (SSSR count). The second-order valence-corrected chi connectivity index (χ2v) is 8.44. The van der Waals surface area contributed by atoms with Crippen LogP contribution in [0.5, 0.6) is 0 Å². The maximum absolute atomic E-state index is 14.6. The lowest BCUT2D eigenvalue weighted by Gasteiger charge is -2.20. The summed E-state index contributed by atoms with van der Waals surface area (Å²) >= 11 is 0. The number of hydrogen-bond acceptors (Lipinski definition) is 8. The van der Waals surface area contributed by atoms with Gasteiger partial charge < -0.3 is 19.5 Å². The molecule has 1 atom stereocenters. The molecular weight excluding hydrogens is 439 g/mol. The Kier molecular flexibility index (Phi) is 6.25.